The van der Waals surface area contributed by atoms with Gasteiger partial charge in [0.25, 0.3) is 0 Å². The van der Waals surface area contributed by atoms with Crippen LogP contribution in [-0.4, -0.2) is 27.7 Å². The summed E-state index contributed by atoms with van der Waals surface area (Å²) in [6.45, 7) is 4.95. The fourth-order valence-electron chi connectivity index (χ4n) is 2.56. The van der Waals surface area contributed by atoms with Crippen LogP contribution in [-0.2, 0) is 21.3 Å². The number of ether oxygens (including phenoxy) is 1. The van der Waals surface area contributed by atoms with Gasteiger partial charge in [0.2, 0.25) is 10.0 Å². The normalized spacial score (nSPS) is 23.4. The molecule has 2 rings (SSSR count). The maximum atomic E-state index is 12.3. The SMILES string of the molecule is CCC1OCCC1CNS(=O)(=O)c1cc(CN)oc1C. The van der Waals surface area contributed by atoms with Gasteiger partial charge in [-0.25, -0.2) is 13.1 Å². The topological polar surface area (TPSA) is 94.6 Å². The van der Waals surface area contributed by atoms with Gasteiger partial charge in [0.05, 0.1) is 12.6 Å². The zero-order valence-electron chi connectivity index (χ0n) is 11.9. The third-order valence-electron chi connectivity index (χ3n) is 3.70. The fraction of sp³-hybridized carbons (Fsp3) is 0.692. The maximum absolute atomic E-state index is 12.3. The molecule has 7 heteroatoms. The molecule has 0 aromatic carbocycles. The molecule has 2 atom stereocenters. The van der Waals surface area contributed by atoms with E-state index in [1.54, 1.807) is 6.92 Å². The first-order valence-corrected chi connectivity index (χ1v) is 8.37. The number of rotatable bonds is 6. The third-order valence-corrected chi connectivity index (χ3v) is 5.23. The van der Waals surface area contributed by atoms with Crippen LogP contribution in [0.5, 0.6) is 0 Å². The molecule has 1 saturated heterocycles. The van der Waals surface area contributed by atoms with Crippen molar-refractivity contribution >= 4 is 10.0 Å². The first kappa shape index (κ1) is 15.5. The van der Waals surface area contributed by atoms with E-state index in [0.717, 1.165) is 12.8 Å². The molecule has 114 valence electrons. The van der Waals surface area contributed by atoms with Crippen molar-refractivity contribution in [3.8, 4) is 0 Å². The molecule has 0 aliphatic carbocycles. The Bertz CT molecular complexity index is 553. The molecule has 6 nitrogen and oxygen atoms in total. The maximum Gasteiger partial charge on any atom is 0.244 e. The highest BCUT2D eigenvalue weighted by atomic mass is 32.2. The molecule has 0 amide bonds. The molecule has 2 heterocycles. The minimum Gasteiger partial charge on any atom is -0.464 e. The lowest BCUT2D eigenvalue weighted by Gasteiger charge is -2.17. The summed E-state index contributed by atoms with van der Waals surface area (Å²) < 4.78 is 38.1. The quantitative estimate of drug-likeness (QED) is 0.821. The monoisotopic (exact) mass is 302 g/mol. The van der Waals surface area contributed by atoms with Crippen molar-refractivity contribution < 1.29 is 17.6 Å². The van der Waals surface area contributed by atoms with Crippen LogP contribution in [0, 0.1) is 12.8 Å². The first-order valence-electron chi connectivity index (χ1n) is 6.88. The van der Waals surface area contributed by atoms with Crippen molar-refractivity contribution in [2.24, 2.45) is 11.7 Å². The van der Waals surface area contributed by atoms with Crippen LogP contribution in [0.1, 0.15) is 31.3 Å². The van der Waals surface area contributed by atoms with Gasteiger partial charge in [0, 0.05) is 25.1 Å². The number of furan rings is 1. The highest BCUT2D eigenvalue weighted by Gasteiger charge is 2.29. The second kappa shape index (κ2) is 6.26. The van der Waals surface area contributed by atoms with Crippen LogP contribution >= 0.6 is 0 Å². The lowest BCUT2D eigenvalue weighted by molar-refractivity contribution is 0.0884. The van der Waals surface area contributed by atoms with Crippen molar-refractivity contribution in [3.63, 3.8) is 0 Å². The molecule has 20 heavy (non-hydrogen) atoms. The summed E-state index contributed by atoms with van der Waals surface area (Å²) in [5.41, 5.74) is 5.46. The van der Waals surface area contributed by atoms with Gasteiger partial charge in [0.1, 0.15) is 16.4 Å². The summed E-state index contributed by atoms with van der Waals surface area (Å²) in [5.74, 6) is 1.07. The molecule has 2 unspecified atom stereocenters. The van der Waals surface area contributed by atoms with Crippen LogP contribution in [0.15, 0.2) is 15.4 Å². The minimum absolute atomic E-state index is 0.141. The molecular formula is C13H22N2O4S. The standard InChI is InChI=1S/C13H22N2O4S/c1-3-12-10(4-5-18-12)8-15-20(16,17)13-6-11(7-14)19-9(13)2/h6,10,12,15H,3-5,7-8,14H2,1-2H3. The molecule has 1 aliphatic rings. The largest absolute Gasteiger partial charge is 0.464 e. The summed E-state index contributed by atoms with van der Waals surface area (Å²) in [4.78, 5) is 0.171. The highest BCUT2D eigenvalue weighted by molar-refractivity contribution is 7.89. The van der Waals surface area contributed by atoms with E-state index in [2.05, 4.69) is 4.72 Å². The Morgan fingerprint density at radius 3 is 2.85 bits per heavy atom. The van der Waals surface area contributed by atoms with Gasteiger partial charge in [-0.1, -0.05) is 6.92 Å². The Morgan fingerprint density at radius 2 is 2.25 bits per heavy atom. The van der Waals surface area contributed by atoms with Crippen LogP contribution in [0.2, 0.25) is 0 Å². The predicted octanol–water partition coefficient (Wildman–Crippen LogP) is 1.14. The second-order valence-electron chi connectivity index (χ2n) is 5.06. The molecule has 1 fully saturated rings. The average Bonchev–Trinajstić information content (AvgIpc) is 3.02. The van der Waals surface area contributed by atoms with E-state index in [0.29, 0.717) is 24.7 Å². The van der Waals surface area contributed by atoms with E-state index in [4.69, 9.17) is 14.9 Å². The van der Waals surface area contributed by atoms with Crippen molar-refractivity contribution in [1.82, 2.24) is 4.72 Å². The van der Waals surface area contributed by atoms with Crippen LogP contribution < -0.4 is 10.5 Å². The zero-order chi connectivity index (χ0) is 14.8. The zero-order valence-corrected chi connectivity index (χ0v) is 12.7. The number of sulfonamides is 1. The van der Waals surface area contributed by atoms with Crippen molar-refractivity contribution in [1.29, 1.82) is 0 Å². The summed E-state index contributed by atoms with van der Waals surface area (Å²) in [5, 5.41) is 0. The van der Waals surface area contributed by atoms with Crippen LogP contribution in [0.3, 0.4) is 0 Å². The summed E-state index contributed by atoms with van der Waals surface area (Å²) in [7, 11) is -3.55. The number of nitrogens with one attached hydrogen (secondary N) is 1. The van der Waals surface area contributed by atoms with Crippen molar-refractivity contribution in [2.75, 3.05) is 13.2 Å². The van der Waals surface area contributed by atoms with Crippen LogP contribution in [0.25, 0.3) is 0 Å². The number of nitrogens with two attached hydrogens (primary N) is 1. The van der Waals surface area contributed by atoms with E-state index in [9.17, 15) is 8.42 Å². The predicted molar refractivity (Wildman–Crippen MR) is 74.7 cm³/mol. The van der Waals surface area contributed by atoms with E-state index in [1.807, 2.05) is 6.92 Å². The van der Waals surface area contributed by atoms with Crippen molar-refractivity contribution in [2.45, 2.75) is 44.2 Å². The van der Waals surface area contributed by atoms with Gasteiger partial charge >= 0.3 is 0 Å². The Balaban J connectivity index is 2.05. The van der Waals surface area contributed by atoms with Gasteiger partial charge in [0.15, 0.2) is 0 Å². The van der Waals surface area contributed by atoms with E-state index in [1.165, 1.54) is 6.07 Å². The lowest BCUT2D eigenvalue weighted by atomic mass is 10.0. The van der Waals surface area contributed by atoms with Crippen LogP contribution in [0.4, 0.5) is 0 Å². The highest BCUT2D eigenvalue weighted by Crippen LogP contribution is 2.24. The molecule has 1 aromatic rings. The Morgan fingerprint density at radius 1 is 1.50 bits per heavy atom. The summed E-state index contributed by atoms with van der Waals surface area (Å²) in [6, 6.07) is 1.49. The van der Waals surface area contributed by atoms with Crippen molar-refractivity contribution in [3.05, 3.63) is 17.6 Å². The molecule has 1 aliphatic heterocycles. The number of hydrogen-bond donors (Lipinski definition) is 2. The summed E-state index contributed by atoms with van der Waals surface area (Å²) >= 11 is 0. The minimum atomic E-state index is -3.55. The average molecular weight is 302 g/mol. The Labute approximate surface area is 119 Å². The molecule has 3 N–H and O–H groups in total. The van der Waals surface area contributed by atoms with E-state index in [-0.39, 0.29) is 23.5 Å². The van der Waals surface area contributed by atoms with Gasteiger partial charge in [-0.15, -0.1) is 0 Å². The first-order chi connectivity index (χ1) is 9.47. The molecular weight excluding hydrogens is 280 g/mol. The van der Waals surface area contributed by atoms with Gasteiger partial charge in [-0.2, -0.15) is 0 Å². The van der Waals surface area contributed by atoms with E-state index >= 15 is 0 Å². The molecule has 0 spiro atoms. The van der Waals surface area contributed by atoms with Gasteiger partial charge in [-0.3, -0.25) is 0 Å². The van der Waals surface area contributed by atoms with E-state index < -0.39 is 10.0 Å². The van der Waals surface area contributed by atoms with Gasteiger partial charge < -0.3 is 14.9 Å². The Hall–Kier alpha value is -0.890. The van der Waals surface area contributed by atoms with Gasteiger partial charge in [-0.05, 0) is 19.8 Å². The molecule has 0 bridgehead atoms. The molecule has 0 saturated carbocycles. The summed E-state index contributed by atoms with van der Waals surface area (Å²) in [6.07, 6.45) is 1.93. The third kappa shape index (κ3) is 3.22. The lowest BCUT2D eigenvalue weighted by Crippen LogP contribution is -2.32. The second-order valence-corrected chi connectivity index (χ2v) is 6.79. The Kier molecular flexibility index (Phi) is 4.85. The smallest absolute Gasteiger partial charge is 0.244 e. The molecule has 0 radical (unpaired) electrons. The fourth-order valence-corrected chi connectivity index (χ4v) is 3.86. The number of aryl methyl sites for hydroxylation is 1. The molecule has 1 aromatic heterocycles. The number of hydrogen-bond acceptors (Lipinski definition) is 5.